The SMILES string of the molecule is CC[C@H](C)[C@@H](N)[C@@H](O)CC(=O)N[C@H](C(=O)N[C@@H](CC(C)C)C(=O)N1CCC[C@H]1C(=O)OCc1ccccc1)C(C)C. The number of hydrogen-bond donors (Lipinski definition) is 4. The molecule has 0 aromatic heterocycles. The van der Waals surface area contributed by atoms with Crippen LogP contribution in [0.3, 0.4) is 0 Å². The Kier molecular flexibility index (Phi) is 13.7. The molecule has 10 heteroatoms. The molecule has 1 aromatic carbocycles. The number of esters is 1. The third-order valence-electron chi connectivity index (χ3n) is 7.76. The van der Waals surface area contributed by atoms with E-state index in [4.69, 9.17) is 10.5 Å². The summed E-state index contributed by atoms with van der Waals surface area (Å²) >= 11 is 0. The van der Waals surface area contributed by atoms with Crippen molar-refractivity contribution in [1.29, 1.82) is 0 Å². The van der Waals surface area contributed by atoms with E-state index in [0.29, 0.717) is 25.8 Å². The van der Waals surface area contributed by atoms with E-state index >= 15 is 0 Å². The molecule has 1 saturated heterocycles. The minimum Gasteiger partial charge on any atom is -0.459 e. The van der Waals surface area contributed by atoms with E-state index in [1.54, 1.807) is 13.8 Å². The first-order valence-electron chi connectivity index (χ1n) is 14.9. The second kappa shape index (κ2) is 16.5. The molecule has 10 nitrogen and oxygen atoms in total. The highest BCUT2D eigenvalue weighted by molar-refractivity contribution is 5.94. The van der Waals surface area contributed by atoms with Crippen molar-refractivity contribution in [2.75, 3.05) is 6.54 Å². The van der Waals surface area contributed by atoms with Crippen LogP contribution in [0.2, 0.25) is 0 Å². The summed E-state index contributed by atoms with van der Waals surface area (Å²) in [5.41, 5.74) is 6.93. The molecule has 3 amide bonds. The number of carbonyl (C=O) groups is 4. The molecule has 1 aliphatic rings. The van der Waals surface area contributed by atoms with Crippen molar-refractivity contribution in [1.82, 2.24) is 15.5 Å². The molecule has 1 aliphatic heterocycles. The van der Waals surface area contributed by atoms with Gasteiger partial charge in [0.2, 0.25) is 17.7 Å². The van der Waals surface area contributed by atoms with Gasteiger partial charge in [0.15, 0.2) is 0 Å². The molecule has 0 radical (unpaired) electrons. The topological polar surface area (TPSA) is 151 Å². The maximum atomic E-state index is 13.7. The van der Waals surface area contributed by atoms with Crippen LogP contribution in [0.15, 0.2) is 30.3 Å². The number of nitrogens with one attached hydrogen (secondary N) is 2. The van der Waals surface area contributed by atoms with E-state index in [1.165, 1.54) is 4.90 Å². The molecule has 0 saturated carbocycles. The summed E-state index contributed by atoms with van der Waals surface area (Å²) in [6.45, 7) is 11.9. The molecule has 1 heterocycles. The minimum atomic E-state index is -1.04. The van der Waals surface area contributed by atoms with Crippen LogP contribution in [0.4, 0.5) is 0 Å². The van der Waals surface area contributed by atoms with Gasteiger partial charge in [0.1, 0.15) is 24.7 Å². The van der Waals surface area contributed by atoms with Crippen molar-refractivity contribution >= 4 is 23.7 Å². The number of nitrogens with two attached hydrogens (primary N) is 1. The third kappa shape index (κ3) is 10.4. The number of ether oxygens (including phenoxy) is 1. The first-order valence-corrected chi connectivity index (χ1v) is 14.9. The number of amides is 3. The zero-order chi connectivity index (χ0) is 30.7. The zero-order valence-electron chi connectivity index (χ0n) is 25.5. The monoisotopic (exact) mass is 574 g/mol. The molecule has 0 spiro atoms. The van der Waals surface area contributed by atoms with Crippen molar-refractivity contribution < 1.29 is 29.0 Å². The summed E-state index contributed by atoms with van der Waals surface area (Å²) in [5, 5.41) is 16.0. The zero-order valence-corrected chi connectivity index (χ0v) is 25.5. The van der Waals surface area contributed by atoms with Crippen LogP contribution in [0.5, 0.6) is 0 Å². The minimum absolute atomic E-state index is 0.0369. The Bertz CT molecular complexity index is 1000. The molecule has 0 bridgehead atoms. The molecule has 0 aliphatic carbocycles. The highest BCUT2D eigenvalue weighted by Crippen LogP contribution is 2.22. The van der Waals surface area contributed by atoms with Crippen LogP contribution in [0, 0.1) is 17.8 Å². The van der Waals surface area contributed by atoms with E-state index in [-0.39, 0.29) is 36.7 Å². The molecular weight excluding hydrogens is 524 g/mol. The average molecular weight is 575 g/mol. The smallest absolute Gasteiger partial charge is 0.329 e. The van der Waals surface area contributed by atoms with Gasteiger partial charge in [-0.2, -0.15) is 0 Å². The van der Waals surface area contributed by atoms with Gasteiger partial charge < -0.3 is 31.1 Å². The van der Waals surface area contributed by atoms with Crippen molar-refractivity contribution in [3.8, 4) is 0 Å². The number of aliphatic hydroxyl groups is 1. The van der Waals surface area contributed by atoms with Gasteiger partial charge >= 0.3 is 5.97 Å². The Balaban J connectivity index is 2.08. The lowest BCUT2D eigenvalue weighted by Gasteiger charge is -2.31. The highest BCUT2D eigenvalue weighted by atomic mass is 16.5. The van der Waals surface area contributed by atoms with Gasteiger partial charge in [-0.1, -0.05) is 78.3 Å². The third-order valence-corrected chi connectivity index (χ3v) is 7.76. The Morgan fingerprint density at radius 1 is 1.07 bits per heavy atom. The maximum Gasteiger partial charge on any atom is 0.329 e. The summed E-state index contributed by atoms with van der Waals surface area (Å²) < 4.78 is 5.52. The molecular formula is C31H50N4O6. The Morgan fingerprint density at radius 2 is 1.73 bits per heavy atom. The number of carbonyl (C=O) groups excluding carboxylic acids is 4. The summed E-state index contributed by atoms with van der Waals surface area (Å²) in [6.07, 6.45) is 1.03. The standard InChI is InChI=1S/C31H50N4O6/c1-7-21(6)27(32)25(36)17-26(37)34-28(20(4)5)29(38)33-23(16-19(2)3)30(39)35-15-11-14-24(35)31(40)41-18-22-12-9-8-10-13-22/h8-10,12-13,19-21,23-25,27-28,36H,7,11,14-18,32H2,1-6H3,(H,33,38)(H,34,37)/t21-,23-,24-,25-,27+,28-/m0/s1. The molecule has 41 heavy (non-hydrogen) atoms. The number of aliphatic hydroxyl groups excluding tert-OH is 1. The van der Waals surface area contributed by atoms with Gasteiger partial charge in [0, 0.05) is 12.6 Å². The molecule has 230 valence electrons. The van der Waals surface area contributed by atoms with Crippen LogP contribution in [0.1, 0.15) is 79.2 Å². The summed E-state index contributed by atoms with van der Waals surface area (Å²) in [7, 11) is 0. The van der Waals surface area contributed by atoms with Gasteiger partial charge in [-0.25, -0.2) is 4.79 Å². The van der Waals surface area contributed by atoms with Crippen LogP contribution in [0.25, 0.3) is 0 Å². The molecule has 2 rings (SSSR count). The number of hydrogen-bond acceptors (Lipinski definition) is 7. The molecule has 6 atom stereocenters. The summed E-state index contributed by atoms with van der Waals surface area (Å²) in [6, 6.07) is 6.29. The van der Waals surface area contributed by atoms with Crippen LogP contribution < -0.4 is 16.4 Å². The van der Waals surface area contributed by atoms with Gasteiger partial charge in [-0.05, 0) is 42.6 Å². The van der Waals surface area contributed by atoms with Gasteiger partial charge in [0.25, 0.3) is 0 Å². The number of rotatable bonds is 15. The molecule has 5 N–H and O–H groups in total. The lowest BCUT2D eigenvalue weighted by molar-refractivity contribution is -0.155. The maximum absolute atomic E-state index is 13.7. The van der Waals surface area contributed by atoms with E-state index in [2.05, 4.69) is 10.6 Å². The normalized spacial score (nSPS) is 18.9. The first kappa shape index (κ1) is 34.2. The number of benzene rings is 1. The molecule has 1 fully saturated rings. The fraction of sp³-hybridized carbons (Fsp3) is 0.677. The number of nitrogens with zero attached hydrogens (tertiary/aromatic N) is 1. The lowest BCUT2D eigenvalue weighted by Crippen LogP contribution is -2.57. The van der Waals surface area contributed by atoms with Gasteiger partial charge in [-0.15, -0.1) is 0 Å². The lowest BCUT2D eigenvalue weighted by atomic mass is 9.93. The van der Waals surface area contributed by atoms with Crippen molar-refractivity contribution in [3.63, 3.8) is 0 Å². The fourth-order valence-corrected chi connectivity index (χ4v) is 5.00. The van der Waals surface area contributed by atoms with E-state index in [0.717, 1.165) is 12.0 Å². The van der Waals surface area contributed by atoms with Crippen molar-refractivity contribution in [3.05, 3.63) is 35.9 Å². The predicted octanol–water partition coefficient (Wildman–Crippen LogP) is 2.52. The Hall–Kier alpha value is -2.98. The molecule has 0 unspecified atom stereocenters. The predicted molar refractivity (Wildman–Crippen MR) is 157 cm³/mol. The summed E-state index contributed by atoms with van der Waals surface area (Å²) in [4.78, 5) is 54.3. The second-order valence-corrected chi connectivity index (χ2v) is 12.0. The fourth-order valence-electron chi connectivity index (χ4n) is 5.00. The largest absolute Gasteiger partial charge is 0.459 e. The molecule has 1 aromatic rings. The van der Waals surface area contributed by atoms with Crippen LogP contribution >= 0.6 is 0 Å². The Labute approximate surface area is 244 Å². The van der Waals surface area contributed by atoms with E-state index < -0.39 is 48.1 Å². The quantitative estimate of drug-likeness (QED) is 0.235. The summed E-state index contributed by atoms with van der Waals surface area (Å²) in [5.74, 6) is -1.94. The Morgan fingerprint density at radius 3 is 2.32 bits per heavy atom. The van der Waals surface area contributed by atoms with E-state index in [9.17, 15) is 24.3 Å². The van der Waals surface area contributed by atoms with E-state index in [1.807, 2.05) is 58.0 Å². The van der Waals surface area contributed by atoms with Crippen molar-refractivity contribution in [2.24, 2.45) is 23.5 Å². The van der Waals surface area contributed by atoms with Crippen LogP contribution in [-0.2, 0) is 30.5 Å². The highest BCUT2D eigenvalue weighted by Gasteiger charge is 2.39. The van der Waals surface area contributed by atoms with Gasteiger partial charge in [0.05, 0.1) is 12.5 Å². The first-order chi connectivity index (χ1) is 19.3. The average Bonchev–Trinajstić information content (AvgIpc) is 3.43. The second-order valence-electron chi connectivity index (χ2n) is 12.0. The van der Waals surface area contributed by atoms with Gasteiger partial charge in [-0.3, -0.25) is 14.4 Å². The van der Waals surface area contributed by atoms with Crippen molar-refractivity contribution in [2.45, 2.75) is 111 Å². The van der Waals surface area contributed by atoms with Crippen LogP contribution in [-0.4, -0.2) is 70.5 Å². The number of likely N-dealkylation sites (tertiary alicyclic amines) is 1.